The second-order valence-electron chi connectivity index (χ2n) is 2.01. The maximum atomic E-state index is 10.5. The van der Waals surface area contributed by atoms with Crippen LogP contribution in [0.1, 0.15) is 6.42 Å². The Kier molecular flexibility index (Phi) is 2.34. The molecule has 1 aliphatic rings. The molecule has 10 heavy (non-hydrogen) atoms. The summed E-state index contributed by atoms with van der Waals surface area (Å²) in [6, 6.07) is 0. The predicted octanol–water partition coefficient (Wildman–Crippen LogP) is 0.108. The SMILES string of the molecule is O=C1C=C(S)C(CCO)O1. The van der Waals surface area contributed by atoms with E-state index in [2.05, 4.69) is 12.6 Å². The Morgan fingerprint density at radius 2 is 2.50 bits per heavy atom. The summed E-state index contributed by atoms with van der Waals surface area (Å²) in [5.41, 5.74) is 0. The number of rotatable bonds is 2. The predicted molar refractivity (Wildman–Crippen MR) is 38.7 cm³/mol. The maximum absolute atomic E-state index is 10.5. The number of carbonyl (C=O) groups is 1. The number of hydrogen-bond acceptors (Lipinski definition) is 4. The summed E-state index contributed by atoms with van der Waals surface area (Å²) in [4.78, 5) is 11.1. The van der Waals surface area contributed by atoms with Crippen LogP contribution in [0.5, 0.6) is 0 Å². The largest absolute Gasteiger partial charge is 0.454 e. The third kappa shape index (κ3) is 1.52. The van der Waals surface area contributed by atoms with E-state index in [0.29, 0.717) is 11.3 Å². The average molecular weight is 160 g/mol. The van der Waals surface area contributed by atoms with Gasteiger partial charge in [-0.3, -0.25) is 0 Å². The first-order chi connectivity index (χ1) is 4.74. The van der Waals surface area contributed by atoms with E-state index in [1.165, 1.54) is 6.08 Å². The monoisotopic (exact) mass is 160 g/mol. The second kappa shape index (κ2) is 3.07. The van der Waals surface area contributed by atoms with Crippen LogP contribution in [-0.2, 0) is 9.53 Å². The molecule has 0 aromatic carbocycles. The van der Waals surface area contributed by atoms with Gasteiger partial charge in [0.15, 0.2) is 0 Å². The first-order valence-electron chi connectivity index (χ1n) is 2.96. The van der Waals surface area contributed by atoms with Crippen molar-refractivity contribution in [2.75, 3.05) is 6.61 Å². The minimum Gasteiger partial charge on any atom is -0.454 e. The number of carbonyl (C=O) groups excluding carboxylic acids is 1. The normalized spacial score (nSPS) is 24.4. The fourth-order valence-corrected chi connectivity index (χ4v) is 1.06. The van der Waals surface area contributed by atoms with Gasteiger partial charge in [-0.15, -0.1) is 12.6 Å². The lowest BCUT2D eigenvalue weighted by atomic mass is 10.2. The number of cyclic esters (lactones) is 1. The molecule has 0 aromatic rings. The van der Waals surface area contributed by atoms with Crippen molar-refractivity contribution in [3.63, 3.8) is 0 Å². The number of ether oxygens (including phenoxy) is 1. The smallest absolute Gasteiger partial charge is 0.332 e. The standard InChI is InChI=1S/C6H8O3S/c7-2-1-4-5(10)3-6(8)9-4/h3-4,7,10H,1-2H2. The molecule has 1 aliphatic heterocycles. The lowest BCUT2D eigenvalue weighted by molar-refractivity contribution is -0.139. The Hall–Kier alpha value is -0.480. The van der Waals surface area contributed by atoms with Crippen molar-refractivity contribution in [1.29, 1.82) is 0 Å². The fourth-order valence-electron chi connectivity index (χ4n) is 0.772. The second-order valence-corrected chi connectivity index (χ2v) is 2.52. The molecule has 1 unspecified atom stereocenters. The molecule has 0 bridgehead atoms. The zero-order chi connectivity index (χ0) is 7.56. The van der Waals surface area contributed by atoms with Gasteiger partial charge < -0.3 is 9.84 Å². The van der Waals surface area contributed by atoms with E-state index < -0.39 is 0 Å². The van der Waals surface area contributed by atoms with Gasteiger partial charge in [0, 0.05) is 24.0 Å². The van der Waals surface area contributed by atoms with Gasteiger partial charge in [0.2, 0.25) is 0 Å². The van der Waals surface area contributed by atoms with E-state index >= 15 is 0 Å². The Bertz CT molecular complexity index is 176. The molecule has 0 fully saturated rings. The Labute approximate surface area is 64.1 Å². The van der Waals surface area contributed by atoms with Crippen molar-refractivity contribution in [3.8, 4) is 0 Å². The molecule has 3 nitrogen and oxygen atoms in total. The molecule has 1 N–H and O–H groups in total. The van der Waals surface area contributed by atoms with Crippen molar-refractivity contribution in [2.24, 2.45) is 0 Å². The minimum atomic E-state index is -0.372. The molecule has 0 aliphatic carbocycles. The first-order valence-corrected chi connectivity index (χ1v) is 3.41. The van der Waals surface area contributed by atoms with Crippen molar-refractivity contribution in [1.82, 2.24) is 0 Å². The summed E-state index contributed by atoms with van der Waals surface area (Å²) in [7, 11) is 0. The Balaban J connectivity index is 2.51. The average Bonchev–Trinajstić information content (AvgIpc) is 2.13. The zero-order valence-corrected chi connectivity index (χ0v) is 6.17. The van der Waals surface area contributed by atoms with Crippen LogP contribution in [0.15, 0.2) is 11.0 Å². The summed E-state index contributed by atoms with van der Waals surface area (Å²) >= 11 is 3.98. The molecule has 1 heterocycles. The van der Waals surface area contributed by atoms with Crippen LogP contribution < -0.4 is 0 Å². The molecule has 1 rings (SSSR count). The molecule has 0 radical (unpaired) electrons. The van der Waals surface area contributed by atoms with Crippen LogP contribution in [0, 0.1) is 0 Å². The van der Waals surface area contributed by atoms with Crippen molar-refractivity contribution >= 4 is 18.6 Å². The molecule has 56 valence electrons. The number of thiol groups is 1. The summed E-state index contributed by atoms with van der Waals surface area (Å²) in [6.45, 7) is 0.00977. The summed E-state index contributed by atoms with van der Waals surface area (Å²) in [6.07, 6.45) is 1.44. The van der Waals surface area contributed by atoms with Crippen LogP contribution in [0.4, 0.5) is 0 Å². The van der Waals surface area contributed by atoms with Gasteiger partial charge >= 0.3 is 5.97 Å². The molecule has 0 saturated carbocycles. The molecule has 0 amide bonds. The van der Waals surface area contributed by atoms with Gasteiger partial charge in [0.25, 0.3) is 0 Å². The molecule has 0 aromatic heterocycles. The van der Waals surface area contributed by atoms with E-state index in [1.807, 2.05) is 0 Å². The van der Waals surface area contributed by atoms with E-state index in [4.69, 9.17) is 9.84 Å². The van der Waals surface area contributed by atoms with E-state index in [9.17, 15) is 4.79 Å². The fraction of sp³-hybridized carbons (Fsp3) is 0.500. The molecule has 4 heteroatoms. The van der Waals surface area contributed by atoms with E-state index in [1.54, 1.807) is 0 Å². The van der Waals surface area contributed by atoms with Gasteiger partial charge in [-0.25, -0.2) is 4.79 Å². The van der Waals surface area contributed by atoms with Crippen molar-refractivity contribution in [3.05, 3.63) is 11.0 Å². The zero-order valence-electron chi connectivity index (χ0n) is 5.28. The van der Waals surface area contributed by atoms with Crippen LogP contribution in [0.3, 0.4) is 0 Å². The lowest BCUT2D eigenvalue weighted by Gasteiger charge is -2.07. The Morgan fingerprint density at radius 1 is 1.80 bits per heavy atom. The first kappa shape index (κ1) is 7.63. The highest BCUT2D eigenvalue weighted by atomic mass is 32.1. The van der Waals surface area contributed by atoms with E-state index in [-0.39, 0.29) is 18.7 Å². The quantitative estimate of drug-likeness (QED) is 0.445. The van der Waals surface area contributed by atoms with Crippen LogP contribution in [0.2, 0.25) is 0 Å². The number of hydrogen-bond donors (Lipinski definition) is 2. The van der Waals surface area contributed by atoms with Gasteiger partial charge in [-0.05, 0) is 0 Å². The lowest BCUT2D eigenvalue weighted by Crippen LogP contribution is -2.11. The molecular weight excluding hydrogens is 152 g/mol. The van der Waals surface area contributed by atoms with Gasteiger partial charge in [-0.2, -0.15) is 0 Å². The molecule has 1 atom stereocenters. The number of aliphatic hydroxyl groups is 1. The van der Waals surface area contributed by atoms with Gasteiger partial charge in [0.05, 0.1) is 0 Å². The van der Waals surface area contributed by atoms with Crippen LogP contribution in [0.25, 0.3) is 0 Å². The van der Waals surface area contributed by atoms with Crippen LogP contribution >= 0.6 is 12.6 Å². The highest BCUT2D eigenvalue weighted by Gasteiger charge is 2.22. The summed E-state index contributed by atoms with van der Waals surface area (Å²) in [5.74, 6) is -0.372. The van der Waals surface area contributed by atoms with Crippen molar-refractivity contribution in [2.45, 2.75) is 12.5 Å². The summed E-state index contributed by atoms with van der Waals surface area (Å²) < 4.78 is 4.75. The Morgan fingerprint density at radius 3 is 2.90 bits per heavy atom. The maximum Gasteiger partial charge on any atom is 0.332 e. The van der Waals surface area contributed by atoms with Crippen LogP contribution in [-0.4, -0.2) is 23.8 Å². The summed E-state index contributed by atoms with van der Waals surface area (Å²) in [5, 5.41) is 8.48. The van der Waals surface area contributed by atoms with E-state index in [0.717, 1.165) is 0 Å². The highest BCUT2D eigenvalue weighted by molar-refractivity contribution is 7.84. The third-order valence-corrected chi connectivity index (χ3v) is 1.66. The van der Waals surface area contributed by atoms with Gasteiger partial charge in [0.1, 0.15) is 6.10 Å². The number of esters is 1. The topological polar surface area (TPSA) is 46.5 Å². The minimum absolute atomic E-state index is 0.00977. The van der Waals surface area contributed by atoms with Crippen molar-refractivity contribution < 1.29 is 14.6 Å². The molecule has 0 spiro atoms. The molecular formula is C6H8O3S. The van der Waals surface area contributed by atoms with Gasteiger partial charge in [-0.1, -0.05) is 0 Å². The highest BCUT2D eigenvalue weighted by Crippen LogP contribution is 2.20. The third-order valence-electron chi connectivity index (χ3n) is 1.25. The molecule has 0 saturated heterocycles. The number of aliphatic hydroxyl groups excluding tert-OH is 1.